The van der Waals surface area contributed by atoms with Gasteiger partial charge >= 0.3 is 0 Å². The van der Waals surface area contributed by atoms with Gasteiger partial charge in [0.25, 0.3) is 0 Å². The minimum atomic E-state index is 0.417. The van der Waals surface area contributed by atoms with Gasteiger partial charge in [-0.3, -0.25) is 0 Å². The van der Waals surface area contributed by atoms with Crippen LogP contribution in [0.1, 0.15) is 19.7 Å². The molecule has 1 aromatic rings. The van der Waals surface area contributed by atoms with Crippen molar-refractivity contribution in [2.75, 3.05) is 38.4 Å². The maximum Gasteiger partial charge on any atom is 0.242 e. The van der Waals surface area contributed by atoms with Gasteiger partial charge in [0.05, 0.1) is 13.7 Å². The average Bonchev–Trinajstić information content (AvgIpc) is 2.32. The largest absolute Gasteiger partial charge is 0.479 e. The molecule has 6 heteroatoms. The van der Waals surface area contributed by atoms with Crippen molar-refractivity contribution in [3.05, 3.63) is 5.82 Å². The summed E-state index contributed by atoms with van der Waals surface area (Å²) in [4.78, 5) is 8.70. The number of hydrogen-bond acceptors (Lipinski definition) is 6. The molecule has 1 aromatic heterocycles. The fourth-order valence-corrected chi connectivity index (χ4v) is 1.51. The van der Waals surface area contributed by atoms with Crippen molar-refractivity contribution in [1.82, 2.24) is 9.97 Å². The van der Waals surface area contributed by atoms with Crippen LogP contribution in [0.15, 0.2) is 0 Å². The molecule has 0 aliphatic heterocycles. The second-order valence-electron chi connectivity index (χ2n) is 4.43. The summed E-state index contributed by atoms with van der Waals surface area (Å²) in [5.74, 6) is 2.23. The summed E-state index contributed by atoms with van der Waals surface area (Å²) in [6, 6.07) is 0. The molecule has 0 spiro atoms. The lowest BCUT2D eigenvalue weighted by atomic mass is 10.1. The smallest absolute Gasteiger partial charge is 0.242 e. The zero-order valence-corrected chi connectivity index (χ0v) is 11.5. The monoisotopic (exact) mass is 254 g/mol. The van der Waals surface area contributed by atoms with Crippen LogP contribution >= 0.6 is 0 Å². The Labute approximate surface area is 108 Å². The van der Waals surface area contributed by atoms with E-state index in [1.165, 1.54) is 0 Å². The van der Waals surface area contributed by atoms with E-state index in [1.54, 1.807) is 14.2 Å². The van der Waals surface area contributed by atoms with Crippen LogP contribution in [0.5, 0.6) is 5.88 Å². The molecule has 18 heavy (non-hydrogen) atoms. The highest BCUT2D eigenvalue weighted by Gasteiger charge is 2.12. The molecule has 0 aliphatic rings. The number of nitrogens with one attached hydrogen (secondary N) is 1. The number of methoxy groups -OCH3 is 2. The third-order valence-corrected chi connectivity index (χ3v) is 2.34. The van der Waals surface area contributed by atoms with Crippen LogP contribution in [0.4, 0.5) is 11.5 Å². The highest BCUT2D eigenvalue weighted by molar-refractivity contribution is 5.66. The number of anilines is 2. The van der Waals surface area contributed by atoms with Gasteiger partial charge in [-0.1, -0.05) is 13.8 Å². The molecular formula is C12H22N4O2. The lowest BCUT2D eigenvalue weighted by Gasteiger charge is -2.13. The lowest BCUT2D eigenvalue weighted by molar-refractivity contribution is 0.210. The van der Waals surface area contributed by atoms with Gasteiger partial charge < -0.3 is 20.5 Å². The molecule has 1 rings (SSSR count). The molecule has 0 aromatic carbocycles. The first-order valence-electron chi connectivity index (χ1n) is 6.01. The lowest BCUT2D eigenvalue weighted by Crippen LogP contribution is -2.14. The zero-order valence-electron chi connectivity index (χ0n) is 11.5. The SMILES string of the molecule is COCCNc1nc(CC(C)C)nc(OC)c1N. The van der Waals surface area contributed by atoms with E-state index in [-0.39, 0.29) is 0 Å². The molecule has 102 valence electrons. The first-order chi connectivity index (χ1) is 8.58. The Bertz CT molecular complexity index is 383. The molecule has 0 saturated carbocycles. The van der Waals surface area contributed by atoms with Crippen LogP contribution in [0.3, 0.4) is 0 Å². The standard InChI is InChI=1S/C12H22N4O2/c1-8(2)7-9-15-11(14-5-6-17-3)10(13)12(16-9)18-4/h8H,5-7,13H2,1-4H3,(H,14,15,16). The van der Waals surface area contributed by atoms with Gasteiger partial charge in [-0.25, -0.2) is 4.98 Å². The molecule has 0 atom stereocenters. The number of nitrogen functional groups attached to an aromatic ring is 1. The van der Waals surface area contributed by atoms with Crippen LogP contribution in [-0.2, 0) is 11.2 Å². The van der Waals surface area contributed by atoms with Gasteiger partial charge in [0.15, 0.2) is 5.82 Å². The molecule has 0 aliphatic carbocycles. The van der Waals surface area contributed by atoms with Crippen molar-refractivity contribution in [2.45, 2.75) is 20.3 Å². The Kier molecular flexibility index (Phi) is 5.64. The molecule has 0 fully saturated rings. The summed E-state index contributed by atoms with van der Waals surface area (Å²) in [5, 5.41) is 3.12. The van der Waals surface area contributed by atoms with E-state index in [9.17, 15) is 0 Å². The van der Waals surface area contributed by atoms with Crippen LogP contribution in [-0.4, -0.2) is 37.3 Å². The highest BCUT2D eigenvalue weighted by atomic mass is 16.5. The molecule has 0 bridgehead atoms. The van der Waals surface area contributed by atoms with E-state index in [4.69, 9.17) is 15.2 Å². The fraction of sp³-hybridized carbons (Fsp3) is 0.667. The van der Waals surface area contributed by atoms with E-state index in [0.29, 0.717) is 36.5 Å². The average molecular weight is 254 g/mol. The van der Waals surface area contributed by atoms with Gasteiger partial charge in [-0.05, 0) is 5.92 Å². The predicted octanol–water partition coefficient (Wildman–Crippen LogP) is 1.32. The maximum atomic E-state index is 5.92. The third-order valence-electron chi connectivity index (χ3n) is 2.34. The van der Waals surface area contributed by atoms with E-state index in [2.05, 4.69) is 29.1 Å². The number of hydrogen-bond donors (Lipinski definition) is 2. The highest BCUT2D eigenvalue weighted by Crippen LogP contribution is 2.26. The van der Waals surface area contributed by atoms with E-state index in [0.717, 1.165) is 12.2 Å². The second kappa shape index (κ2) is 7.00. The van der Waals surface area contributed by atoms with E-state index >= 15 is 0 Å². The molecule has 6 nitrogen and oxygen atoms in total. The maximum absolute atomic E-state index is 5.92. The number of rotatable bonds is 7. The van der Waals surface area contributed by atoms with E-state index < -0.39 is 0 Å². The van der Waals surface area contributed by atoms with Gasteiger partial charge in [-0.2, -0.15) is 4.98 Å². The van der Waals surface area contributed by atoms with Gasteiger partial charge in [0.2, 0.25) is 5.88 Å². The van der Waals surface area contributed by atoms with Crippen LogP contribution in [0, 0.1) is 5.92 Å². The Morgan fingerprint density at radius 1 is 1.28 bits per heavy atom. The normalized spacial score (nSPS) is 10.7. The van der Waals surface area contributed by atoms with E-state index in [1.807, 2.05) is 0 Å². The summed E-state index contributed by atoms with van der Waals surface area (Å²) < 4.78 is 10.1. The summed E-state index contributed by atoms with van der Waals surface area (Å²) in [5.41, 5.74) is 6.35. The minimum absolute atomic E-state index is 0.417. The summed E-state index contributed by atoms with van der Waals surface area (Å²) in [6.45, 7) is 5.46. The van der Waals surface area contributed by atoms with Crippen molar-refractivity contribution in [3.8, 4) is 5.88 Å². The summed E-state index contributed by atoms with van der Waals surface area (Å²) in [6.07, 6.45) is 0.787. The zero-order chi connectivity index (χ0) is 13.5. The van der Waals surface area contributed by atoms with Crippen LogP contribution < -0.4 is 15.8 Å². The molecular weight excluding hydrogens is 232 g/mol. The van der Waals surface area contributed by atoms with Gasteiger partial charge in [0.1, 0.15) is 11.5 Å². The molecule has 0 amide bonds. The van der Waals surface area contributed by atoms with Crippen LogP contribution in [0.25, 0.3) is 0 Å². The molecule has 1 heterocycles. The number of ether oxygens (including phenoxy) is 2. The Balaban J connectivity index is 2.91. The minimum Gasteiger partial charge on any atom is -0.479 e. The molecule has 3 N–H and O–H groups in total. The predicted molar refractivity (Wildman–Crippen MR) is 71.9 cm³/mol. The Hall–Kier alpha value is -1.56. The first kappa shape index (κ1) is 14.5. The number of aromatic nitrogens is 2. The van der Waals surface area contributed by atoms with Crippen molar-refractivity contribution in [1.29, 1.82) is 0 Å². The number of nitrogens with zero attached hydrogens (tertiary/aromatic N) is 2. The molecule has 0 saturated heterocycles. The third kappa shape index (κ3) is 4.03. The topological polar surface area (TPSA) is 82.3 Å². The van der Waals surface area contributed by atoms with Crippen molar-refractivity contribution >= 4 is 11.5 Å². The molecule has 0 unspecified atom stereocenters. The molecule has 0 radical (unpaired) electrons. The summed E-state index contributed by atoms with van der Waals surface area (Å²) >= 11 is 0. The fourth-order valence-electron chi connectivity index (χ4n) is 1.51. The summed E-state index contributed by atoms with van der Waals surface area (Å²) in [7, 11) is 3.20. The number of nitrogens with two attached hydrogens (primary N) is 1. The second-order valence-corrected chi connectivity index (χ2v) is 4.43. The van der Waals surface area contributed by atoms with Gasteiger partial charge in [0, 0.05) is 20.1 Å². The first-order valence-corrected chi connectivity index (χ1v) is 6.01. The van der Waals surface area contributed by atoms with Crippen molar-refractivity contribution < 1.29 is 9.47 Å². The van der Waals surface area contributed by atoms with Crippen molar-refractivity contribution in [2.24, 2.45) is 5.92 Å². The van der Waals surface area contributed by atoms with Crippen molar-refractivity contribution in [3.63, 3.8) is 0 Å². The quantitative estimate of drug-likeness (QED) is 0.714. The Morgan fingerprint density at radius 2 is 2.00 bits per heavy atom. The van der Waals surface area contributed by atoms with Crippen LogP contribution in [0.2, 0.25) is 0 Å². The Morgan fingerprint density at radius 3 is 2.56 bits per heavy atom. The van der Waals surface area contributed by atoms with Gasteiger partial charge in [-0.15, -0.1) is 0 Å².